The SMILES string of the molecule is Cc1ccccc1OCC(O)CNC1(CO)CCCC1. The van der Waals surface area contributed by atoms with Crippen LogP contribution in [-0.2, 0) is 0 Å². The first-order chi connectivity index (χ1) is 9.65. The maximum absolute atomic E-state index is 10.0. The van der Waals surface area contributed by atoms with Gasteiger partial charge in [-0.25, -0.2) is 0 Å². The van der Waals surface area contributed by atoms with Crippen molar-refractivity contribution in [3.63, 3.8) is 0 Å². The molecule has 0 radical (unpaired) electrons. The van der Waals surface area contributed by atoms with E-state index >= 15 is 0 Å². The predicted molar refractivity (Wildman–Crippen MR) is 79.0 cm³/mol. The molecule has 1 aliphatic rings. The molecule has 0 heterocycles. The molecule has 1 saturated carbocycles. The molecule has 1 aromatic carbocycles. The smallest absolute Gasteiger partial charge is 0.122 e. The number of hydrogen-bond acceptors (Lipinski definition) is 4. The van der Waals surface area contributed by atoms with Crippen molar-refractivity contribution >= 4 is 0 Å². The Hall–Kier alpha value is -1.10. The second-order valence-corrected chi connectivity index (χ2v) is 5.76. The number of benzene rings is 1. The Morgan fingerprint density at radius 1 is 1.30 bits per heavy atom. The van der Waals surface area contributed by atoms with Crippen LogP contribution < -0.4 is 10.1 Å². The second-order valence-electron chi connectivity index (χ2n) is 5.76. The van der Waals surface area contributed by atoms with E-state index in [1.165, 1.54) is 0 Å². The number of ether oxygens (including phenoxy) is 1. The van der Waals surface area contributed by atoms with Gasteiger partial charge in [0.1, 0.15) is 18.5 Å². The van der Waals surface area contributed by atoms with E-state index in [4.69, 9.17) is 4.74 Å². The lowest BCUT2D eigenvalue weighted by Crippen LogP contribution is -2.49. The number of aliphatic hydroxyl groups is 2. The number of aliphatic hydroxyl groups excluding tert-OH is 2. The maximum Gasteiger partial charge on any atom is 0.122 e. The minimum Gasteiger partial charge on any atom is -0.491 e. The van der Waals surface area contributed by atoms with E-state index in [-0.39, 0.29) is 18.8 Å². The second kappa shape index (κ2) is 7.07. The molecule has 1 aromatic rings. The molecule has 3 N–H and O–H groups in total. The molecule has 1 unspecified atom stereocenters. The van der Waals surface area contributed by atoms with Gasteiger partial charge >= 0.3 is 0 Å². The van der Waals surface area contributed by atoms with E-state index in [1.807, 2.05) is 31.2 Å². The van der Waals surface area contributed by atoms with E-state index in [1.54, 1.807) is 0 Å². The standard InChI is InChI=1S/C16H25NO3/c1-13-6-2-3-7-15(13)20-11-14(19)10-17-16(12-18)8-4-5-9-16/h2-3,6-7,14,17-19H,4-5,8-12H2,1H3. The van der Waals surface area contributed by atoms with Gasteiger partial charge in [0, 0.05) is 12.1 Å². The number of hydrogen-bond donors (Lipinski definition) is 3. The lowest BCUT2D eigenvalue weighted by molar-refractivity contribution is 0.0847. The topological polar surface area (TPSA) is 61.7 Å². The summed E-state index contributed by atoms with van der Waals surface area (Å²) in [6, 6.07) is 7.78. The van der Waals surface area contributed by atoms with Crippen LogP contribution in [-0.4, -0.2) is 41.6 Å². The first-order valence-corrected chi connectivity index (χ1v) is 7.38. The highest BCUT2D eigenvalue weighted by Crippen LogP contribution is 2.28. The van der Waals surface area contributed by atoms with Gasteiger partial charge in [-0.1, -0.05) is 31.0 Å². The van der Waals surface area contributed by atoms with E-state index < -0.39 is 6.10 Å². The van der Waals surface area contributed by atoms with E-state index in [0.717, 1.165) is 37.0 Å². The quantitative estimate of drug-likeness (QED) is 0.710. The zero-order valence-electron chi connectivity index (χ0n) is 12.1. The average Bonchev–Trinajstić information content (AvgIpc) is 2.94. The molecule has 1 aliphatic carbocycles. The molecule has 4 heteroatoms. The summed E-state index contributed by atoms with van der Waals surface area (Å²) < 4.78 is 5.63. The molecule has 0 spiro atoms. The maximum atomic E-state index is 10.0. The van der Waals surface area contributed by atoms with E-state index in [2.05, 4.69) is 5.32 Å². The van der Waals surface area contributed by atoms with Crippen LogP contribution in [0.15, 0.2) is 24.3 Å². The zero-order chi connectivity index (χ0) is 14.4. The van der Waals surface area contributed by atoms with Gasteiger partial charge in [0.05, 0.1) is 6.61 Å². The largest absolute Gasteiger partial charge is 0.491 e. The summed E-state index contributed by atoms with van der Waals surface area (Å²) in [6.45, 7) is 2.84. The molecular formula is C16H25NO3. The first kappa shape index (κ1) is 15.3. The molecule has 0 aromatic heterocycles. The molecule has 0 saturated heterocycles. The minimum atomic E-state index is -0.571. The fourth-order valence-electron chi connectivity index (χ4n) is 2.74. The Balaban J connectivity index is 1.75. The highest BCUT2D eigenvalue weighted by Gasteiger charge is 2.32. The first-order valence-electron chi connectivity index (χ1n) is 7.38. The van der Waals surface area contributed by atoms with Crippen molar-refractivity contribution in [2.45, 2.75) is 44.2 Å². The molecule has 20 heavy (non-hydrogen) atoms. The van der Waals surface area contributed by atoms with Crippen LogP contribution in [0.2, 0.25) is 0 Å². The third-order valence-electron chi connectivity index (χ3n) is 4.10. The molecule has 1 fully saturated rings. The average molecular weight is 279 g/mol. The highest BCUT2D eigenvalue weighted by atomic mass is 16.5. The third-order valence-corrected chi connectivity index (χ3v) is 4.10. The molecular weight excluding hydrogens is 254 g/mol. The number of β-amino-alcohol motifs (C(OH)–C–C–N with tert-alkyl or cyclic N) is 1. The van der Waals surface area contributed by atoms with Gasteiger partial charge < -0.3 is 20.3 Å². The third kappa shape index (κ3) is 3.95. The highest BCUT2D eigenvalue weighted by molar-refractivity contribution is 5.31. The minimum absolute atomic E-state index is 0.137. The van der Waals surface area contributed by atoms with E-state index in [9.17, 15) is 10.2 Å². The molecule has 0 aliphatic heterocycles. The van der Waals surface area contributed by atoms with Crippen molar-refractivity contribution in [1.82, 2.24) is 5.32 Å². The van der Waals surface area contributed by atoms with Crippen molar-refractivity contribution < 1.29 is 14.9 Å². The van der Waals surface area contributed by atoms with Crippen LogP contribution in [0.25, 0.3) is 0 Å². The van der Waals surface area contributed by atoms with Gasteiger partial charge in [0.25, 0.3) is 0 Å². The van der Waals surface area contributed by atoms with Crippen molar-refractivity contribution in [2.24, 2.45) is 0 Å². The Morgan fingerprint density at radius 2 is 2.00 bits per heavy atom. The Labute approximate surface area is 120 Å². The van der Waals surface area contributed by atoms with Gasteiger partial charge in [-0.3, -0.25) is 0 Å². The van der Waals surface area contributed by atoms with Gasteiger partial charge in [0.2, 0.25) is 0 Å². The summed E-state index contributed by atoms with van der Waals surface area (Å²) in [6.07, 6.45) is 3.68. The molecule has 1 atom stereocenters. The van der Waals surface area contributed by atoms with Crippen molar-refractivity contribution in [3.8, 4) is 5.75 Å². The fraction of sp³-hybridized carbons (Fsp3) is 0.625. The summed E-state index contributed by atoms with van der Waals surface area (Å²) in [5, 5.41) is 22.8. The van der Waals surface area contributed by atoms with Crippen LogP contribution >= 0.6 is 0 Å². The van der Waals surface area contributed by atoms with Crippen molar-refractivity contribution in [2.75, 3.05) is 19.8 Å². The molecule has 112 valence electrons. The summed E-state index contributed by atoms with van der Waals surface area (Å²) >= 11 is 0. The Kier molecular flexibility index (Phi) is 5.40. The van der Waals surface area contributed by atoms with Crippen LogP contribution in [0.5, 0.6) is 5.75 Å². The van der Waals surface area contributed by atoms with Crippen LogP contribution in [0.4, 0.5) is 0 Å². The van der Waals surface area contributed by atoms with E-state index in [0.29, 0.717) is 6.54 Å². The summed E-state index contributed by atoms with van der Waals surface area (Å²) in [7, 11) is 0. The number of aryl methyl sites for hydroxylation is 1. The van der Waals surface area contributed by atoms with Crippen molar-refractivity contribution in [3.05, 3.63) is 29.8 Å². The number of nitrogens with one attached hydrogen (secondary N) is 1. The van der Waals surface area contributed by atoms with Crippen LogP contribution in [0, 0.1) is 6.92 Å². The summed E-state index contributed by atoms with van der Waals surface area (Å²) in [5.74, 6) is 0.810. The molecule has 4 nitrogen and oxygen atoms in total. The van der Waals surface area contributed by atoms with Crippen molar-refractivity contribution in [1.29, 1.82) is 0 Å². The summed E-state index contributed by atoms with van der Waals surface area (Å²) in [5.41, 5.74) is 0.874. The Bertz CT molecular complexity index is 416. The van der Waals surface area contributed by atoms with Crippen LogP contribution in [0.3, 0.4) is 0 Å². The van der Waals surface area contributed by atoms with Gasteiger partial charge in [-0.2, -0.15) is 0 Å². The van der Waals surface area contributed by atoms with Crippen LogP contribution in [0.1, 0.15) is 31.2 Å². The monoisotopic (exact) mass is 279 g/mol. The Morgan fingerprint density at radius 3 is 2.65 bits per heavy atom. The number of para-hydroxylation sites is 1. The molecule has 2 rings (SSSR count). The van der Waals surface area contributed by atoms with Gasteiger partial charge in [0.15, 0.2) is 0 Å². The molecule has 0 bridgehead atoms. The van der Waals surface area contributed by atoms with Gasteiger partial charge in [-0.05, 0) is 31.4 Å². The lowest BCUT2D eigenvalue weighted by Gasteiger charge is -2.29. The zero-order valence-corrected chi connectivity index (χ0v) is 12.1. The normalized spacial score (nSPS) is 18.9. The molecule has 0 amide bonds. The number of rotatable bonds is 7. The fourth-order valence-corrected chi connectivity index (χ4v) is 2.74. The predicted octanol–water partition coefficient (Wildman–Crippen LogP) is 1.63. The van der Waals surface area contributed by atoms with Gasteiger partial charge in [-0.15, -0.1) is 0 Å². The lowest BCUT2D eigenvalue weighted by atomic mass is 9.99. The summed E-state index contributed by atoms with van der Waals surface area (Å²) in [4.78, 5) is 0.